The van der Waals surface area contributed by atoms with E-state index in [-0.39, 0.29) is 12.5 Å². The van der Waals surface area contributed by atoms with Gasteiger partial charge in [-0.1, -0.05) is 13.8 Å². The van der Waals surface area contributed by atoms with Crippen molar-refractivity contribution in [1.82, 2.24) is 10.2 Å². The van der Waals surface area contributed by atoms with Crippen LogP contribution in [0.3, 0.4) is 0 Å². The van der Waals surface area contributed by atoms with E-state index in [0.29, 0.717) is 12.5 Å². The Balaban J connectivity index is 2.66. The number of rotatable bonds is 5. The molecule has 1 rings (SSSR count). The van der Waals surface area contributed by atoms with E-state index in [9.17, 15) is 14.4 Å². The average molecular weight is 286 g/mol. The van der Waals surface area contributed by atoms with Gasteiger partial charge < -0.3 is 20.1 Å². The highest BCUT2D eigenvalue weighted by atomic mass is 16.5. The van der Waals surface area contributed by atoms with Crippen molar-refractivity contribution in [2.24, 2.45) is 5.92 Å². The Morgan fingerprint density at radius 1 is 1.40 bits per heavy atom. The first kappa shape index (κ1) is 16.3. The first-order valence-electron chi connectivity index (χ1n) is 6.73. The molecule has 2 amide bonds. The summed E-state index contributed by atoms with van der Waals surface area (Å²) in [4.78, 5) is 36.0. The molecule has 1 unspecified atom stereocenters. The summed E-state index contributed by atoms with van der Waals surface area (Å²) in [6.45, 7) is 4.66. The van der Waals surface area contributed by atoms with E-state index in [1.165, 1.54) is 7.11 Å². The number of urea groups is 1. The number of carboxylic acid groups (broad SMARTS) is 1. The second-order valence-corrected chi connectivity index (χ2v) is 5.27. The number of hydrogen-bond donors (Lipinski definition) is 2. The highest BCUT2D eigenvalue weighted by Gasteiger charge is 2.33. The largest absolute Gasteiger partial charge is 0.480 e. The Kier molecular flexibility index (Phi) is 5.79. The van der Waals surface area contributed by atoms with Crippen LogP contribution in [0.2, 0.25) is 0 Å². The standard InChI is InChI=1S/C13H22N2O5/c1-8(2)10-5-4-6-15(10)13(19)14-9(12(17)18)7-11(16)20-3/h8-10H,4-7H2,1-3H3,(H,14,19)(H,17,18)/t9-,10?/m0/s1. The average Bonchev–Trinajstić information content (AvgIpc) is 2.86. The molecule has 0 aromatic heterocycles. The zero-order chi connectivity index (χ0) is 15.3. The van der Waals surface area contributed by atoms with Gasteiger partial charge in [-0.25, -0.2) is 9.59 Å². The van der Waals surface area contributed by atoms with Crippen LogP contribution < -0.4 is 5.32 Å². The minimum atomic E-state index is -1.26. The normalized spacial score (nSPS) is 19.8. The van der Waals surface area contributed by atoms with Gasteiger partial charge in [-0.15, -0.1) is 0 Å². The number of carbonyl (C=O) groups is 3. The fraction of sp³-hybridized carbons (Fsp3) is 0.769. The molecule has 1 aliphatic rings. The second-order valence-electron chi connectivity index (χ2n) is 5.27. The zero-order valence-corrected chi connectivity index (χ0v) is 12.1. The third kappa shape index (κ3) is 4.11. The molecule has 0 saturated carbocycles. The van der Waals surface area contributed by atoms with E-state index in [4.69, 9.17) is 5.11 Å². The first-order valence-corrected chi connectivity index (χ1v) is 6.73. The lowest BCUT2D eigenvalue weighted by Gasteiger charge is -2.29. The fourth-order valence-corrected chi connectivity index (χ4v) is 2.42. The molecule has 2 atom stereocenters. The molecule has 0 spiro atoms. The fourth-order valence-electron chi connectivity index (χ4n) is 2.42. The van der Waals surface area contributed by atoms with Gasteiger partial charge in [-0.3, -0.25) is 4.79 Å². The van der Waals surface area contributed by atoms with Gasteiger partial charge in [0, 0.05) is 12.6 Å². The van der Waals surface area contributed by atoms with Crippen LogP contribution in [0.4, 0.5) is 4.79 Å². The number of esters is 1. The van der Waals surface area contributed by atoms with E-state index < -0.39 is 24.0 Å². The maximum atomic E-state index is 12.1. The predicted molar refractivity (Wildman–Crippen MR) is 71.2 cm³/mol. The van der Waals surface area contributed by atoms with Gasteiger partial charge in [0.15, 0.2) is 0 Å². The minimum absolute atomic E-state index is 0.113. The summed E-state index contributed by atoms with van der Waals surface area (Å²) < 4.78 is 4.43. The van der Waals surface area contributed by atoms with E-state index in [1.54, 1.807) is 4.90 Å². The number of ether oxygens (including phenoxy) is 1. The van der Waals surface area contributed by atoms with Crippen LogP contribution in [0.1, 0.15) is 33.1 Å². The lowest BCUT2D eigenvalue weighted by Crippen LogP contribution is -2.51. The Bertz CT molecular complexity index is 383. The molecule has 1 fully saturated rings. The number of carbonyl (C=O) groups excluding carboxylic acids is 2. The summed E-state index contributed by atoms with van der Waals surface area (Å²) in [5, 5.41) is 11.4. The number of methoxy groups -OCH3 is 1. The second kappa shape index (κ2) is 7.12. The molecule has 1 aliphatic heterocycles. The first-order chi connectivity index (χ1) is 9.36. The van der Waals surface area contributed by atoms with Crippen molar-refractivity contribution in [2.45, 2.75) is 45.2 Å². The van der Waals surface area contributed by atoms with Crippen LogP contribution in [-0.4, -0.2) is 53.7 Å². The van der Waals surface area contributed by atoms with Crippen LogP contribution in [0.15, 0.2) is 0 Å². The van der Waals surface area contributed by atoms with Crippen molar-refractivity contribution in [3.05, 3.63) is 0 Å². The summed E-state index contributed by atoms with van der Waals surface area (Å²) in [5.74, 6) is -1.60. The summed E-state index contributed by atoms with van der Waals surface area (Å²) in [6.07, 6.45) is 1.45. The van der Waals surface area contributed by atoms with Crippen LogP contribution >= 0.6 is 0 Å². The van der Waals surface area contributed by atoms with Crippen molar-refractivity contribution < 1.29 is 24.2 Å². The third-order valence-electron chi connectivity index (χ3n) is 3.52. The Morgan fingerprint density at radius 2 is 2.05 bits per heavy atom. The Labute approximate surface area is 118 Å². The van der Waals surface area contributed by atoms with E-state index in [2.05, 4.69) is 10.1 Å². The summed E-state index contributed by atoms with van der Waals surface area (Å²) in [5.41, 5.74) is 0. The summed E-state index contributed by atoms with van der Waals surface area (Å²) in [7, 11) is 1.18. The molecule has 1 heterocycles. The van der Waals surface area contributed by atoms with Gasteiger partial charge in [-0.2, -0.15) is 0 Å². The molecule has 0 bridgehead atoms. The van der Waals surface area contributed by atoms with Gasteiger partial charge >= 0.3 is 18.0 Å². The predicted octanol–water partition coefficient (Wildman–Crippen LogP) is 0.833. The van der Waals surface area contributed by atoms with Crippen molar-refractivity contribution in [2.75, 3.05) is 13.7 Å². The minimum Gasteiger partial charge on any atom is -0.480 e. The molecule has 2 N–H and O–H groups in total. The van der Waals surface area contributed by atoms with Crippen molar-refractivity contribution in [3.63, 3.8) is 0 Å². The van der Waals surface area contributed by atoms with Crippen LogP contribution in [0.5, 0.6) is 0 Å². The number of likely N-dealkylation sites (tertiary alicyclic amines) is 1. The number of nitrogens with one attached hydrogen (secondary N) is 1. The van der Waals surface area contributed by atoms with Gasteiger partial charge in [0.25, 0.3) is 0 Å². The summed E-state index contributed by atoms with van der Waals surface area (Å²) >= 11 is 0. The van der Waals surface area contributed by atoms with E-state index >= 15 is 0 Å². The topological polar surface area (TPSA) is 95.9 Å². The number of hydrogen-bond acceptors (Lipinski definition) is 4. The zero-order valence-electron chi connectivity index (χ0n) is 12.1. The van der Waals surface area contributed by atoms with Crippen molar-refractivity contribution in [3.8, 4) is 0 Å². The van der Waals surface area contributed by atoms with Gasteiger partial charge in [-0.05, 0) is 18.8 Å². The maximum absolute atomic E-state index is 12.1. The van der Waals surface area contributed by atoms with Gasteiger partial charge in [0.1, 0.15) is 6.04 Å². The summed E-state index contributed by atoms with van der Waals surface area (Å²) in [6, 6.07) is -1.58. The van der Waals surface area contributed by atoms with Crippen LogP contribution in [0.25, 0.3) is 0 Å². The quantitative estimate of drug-likeness (QED) is 0.730. The number of carboxylic acids is 1. The molecule has 1 saturated heterocycles. The maximum Gasteiger partial charge on any atom is 0.326 e. The Morgan fingerprint density at radius 3 is 2.55 bits per heavy atom. The number of amides is 2. The molecule has 0 radical (unpaired) electrons. The number of nitrogens with zero attached hydrogens (tertiary/aromatic N) is 1. The molecule has 114 valence electrons. The van der Waals surface area contributed by atoms with Crippen LogP contribution in [-0.2, 0) is 14.3 Å². The van der Waals surface area contributed by atoms with Gasteiger partial charge in [0.2, 0.25) is 0 Å². The lowest BCUT2D eigenvalue weighted by atomic mass is 10.0. The van der Waals surface area contributed by atoms with Crippen LogP contribution in [0, 0.1) is 5.92 Å². The Hall–Kier alpha value is -1.79. The van der Waals surface area contributed by atoms with Gasteiger partial charge in [0.05, 0.1) is 13.5 Å². The van der Waals surface area contributed by atoms with E-state index in [0.717, 1.165) is 12.8 Å². The lowest BCUT2D eigenvalue weighted by molar-refractivity contribution is -0.147. The molecule has 0 aromatic rings. The smallest absolute Gasteiger partial charge is 0.326 e. The monoisotopic (exact) mass is 286 g/mol. The van der Waals surface area contributed by atoms with E-state index in [1.807, 2.05) is 13.8 Å². The highest BCUT2D eigenvalue weighted by molar-refractivity contribution is 5.86. The highest BCUT2D eigenvalue weighted by Crippen LogP contribution is 2.23. The molecule has 0 aromatic carbocycles. The molecule has 0 aliphatic carbocycles. The van der Waals surface area contributed by atoms with Crippen molar-refractivity contribution in [1.29, 1.82) is 0 Å². The molecule has 7 nitrogen and oxygen atoms in total. The number of aliphatic carboxylic acids is 1. The van der Waals surface area contributed by atoms with Crippen molar-refractivity contribution >= 4 is 18.0 Å². The molecular formula is C13H22N2O5. The SMILES string of the molecule is COC(=O)C[C@H](NC(=O)N1CCCC1C(C)C)C(=O)O. The molecular weight excluding hydrogens is 264 g/mol. The third-order valence-corrected chi connectivity index (χ3v) is 3.52. The molecule has 20 heavy (non-hydrogen) atoms. The molecule has 7 heteroatoms.